The number of methoxy groups -OCH3 is 1. The number of anilines is 4. The summed E-state index contributed by atoms with van der Waals surface area (Å²) >= 11 is 6.32. The third kappa shape index (κ3) is 6.20. The van der Waals surface area contributed by atoms with Crippen LogP contribution in [0.5, 0.6) is 17.2 Å². The first-order chi connectivity index (χ1) is 16.9. The predicted molar refractivity (Wildman–Crippen MR) is 138 cm³/mol. The molecule has 2 aromatic heterocycles. The van der Waals surface area contributed by atoms with Crippen LogP contribution in [0.2, 0.25) is 5.02 Å². The molecule has 4 rings (SSSR count). The van der Waals surface area contributed by atoms with Gasteiger partial charge in [-0.1, -0.05) is 24.2 Å². The number of benzene rings is 1. The lowest BCUT2D eigenvalue weighted by molar-refractivity contribution is -0.111. The van der Waals surface area contributed by atoms with Gasteiger partial charge in [0.2, 0.25) is 5.91 Å². The van der Waals surface area contributed by atoms with E-state index in [2.05, 4.69) is 44.0 Å². The second-order valence-electron chi connectivity index (χ2n) is 7.98. The fraction of sp³-hybridized carbons (Fsp3) is 0.240. The average molecular weight is 495 g/mol. The lowest BCUT2D eigenvalue weighted by Crippen LogP contribution is -2.44. The molecule has 3 heterocycles. The molecule has 2 N–H and O–H groups in total. The molecule has 1 saturated heterocycles. The normalized spacial score (nSPS) is 13.7. The van der Waals surface area contributed by atoms with E-state index in [1.54, 1.807) is 37.4 Å². The number of carbonyl (C=O) groups is 1. The Kier molecular flexibility index (Phi) is 7.69. The van der Waals surface area contributed by atoms with Gasteiger partial charge in [0.1, 0.15) is 16.6 Å². The summed E-state index contributed by atoms with van der Waals surface area (Å²) in [5.74, 6) is 2.20. The van der Waals surface area contributed by atoms with E-state index in [1.807, 2.05) is 12.3 Å². The van der Waals surface area contributed by atoms with Crippen LogP contribution in [0.3, 0.4) is 0 Å². The molecule has 0 saturated carbocycles. The van der Waals surface area contributed by atoms with Crippen molar-refractivity contribution in [3.05, 3.63) is 66.5 Å². The Morgan fingerprint density at radius 3 is 2.66 bits per heavy atom. The highest BCUT2D eigenvalue weighted by atomic mass is 35.5. The summed E-state index contributed by atoms with van der Waals surface area (Å²) in [5, 5.41) is 6.21. The van der Waals surface area contributed by atoms with E-state index in [-0.39, 0.29) is 5.91 Å². The largest absolute Gasteiger partial charge is 0.493 e. The Balaban J connectivity index is 1.50. The van der Waals surface area contributed by atoms with Crippen molar-refractivity contribution in [1.29, 1.82) is 0 Å². The van der Waals surface area contributed by atoms with E-state index in [0.717, 1.165) is 31.9 Å². The zero-order valence-corrected chi connectivity index (χ0v) is 20.4. The summed E-state index contributed by atoms with van der Waals surface area (Å²) in [7, 11) is 3.73. The third-order valence-electron chi connectivity index (χ3n) is 5.51. The summed E-state index contributed by atoms with van der Waals surface area (Å²) in [6, 6.07) is 10.6. The quantitative estimate of drug-likeness (QED) is 0.441. The molecule has 1 fully saturated rings. The summed E-state index contributed by atoms with van der Waals surface area (Å²) in [5.41, 5.74) is 1.59. The van der Waals surface area contributed by atoms with Gasteiger partial charge in [0.25, 0.3) is 0 Å². The highest BCUT2D eigenvalue weighted by molar-refractivity contribution is 6.32. The summed E-state index contributed by atoms with van der Waals surface area (Å²) in [6.07, 6.45) is 4.52. The molecule has 1 aliphatic rings. The first kappa shape index (κ1) is 24.3. The molecule has 182 valence electrons. The number of hydrogen-bond acceptors (Lipinski definition) is 8. The van der Waals surface area contributed by atoms with Crippen LogP contribution in [-0.2, 0) is 4.79 Å². The number of aromatic nitrogens is 2. The van der Waals surface area contributed by atoms with Gasteiger partial charge in [-0.15, -0.1) is 0 Å². The van der Waals surface area contributed by atoms with Crippen molar-refractivity contribution in [1.82, 2.24) is 14.9 Å². The molecule has 35 heavy (non-hydrogen) atoms. The fourth-order valence-electron chi connectivity index (χ4n) is 3.57. The van der Waals surface area contributed by atoms with E-state index in [9.17, 15) is 4.79 Å². The zero-order valence-electron chi connectivity index (χ0n) is 19.6. The maximum Gasteiger partial charge on any atom is 0.247 e. The van der Waals surface area contributed by atoms with Gasteiger partial charge in [0, 0.05) is 50.1 Å². The summed E-state index contributed by atoms with van der Waals surface area (Å²) in [4.78, 5) is 25.1. The number of likely N-dealkylation sites (N-methyl/N-ethyl adjacent to an activating group) is 1. The van der Waals surface area contributed by atoms with Gasteiger partial charge < -0.3 is 29.9 Å². The number of carbonyl (C=O) groups excluding carboxylic acids is 1. The van der Waals surface area contributed by atoms with Crippen LogP contribution in [0.15, 0.2) is 61.4 Å². The van der Waals surface area contributed by atoms with Crippen molar-refractivity contribution in [2.75, 3.05) is 55.9 Å². The number of nitrogens with zero attached hydrogens (tertiary/aromatic N) is 4. The number of halogens is 1. The Hall–Kier alpha value is -3.82. The zero-order chi connectivity index (χ0) is 24.8. The predicted octanol–water partition coefficient (Wildman–Crippen LogP) is 4.55. The van der Waals surface area contributed by atoms with Gasteiger partial charge in [-0.25, -0.2) is 9.97 Å². The number of amides is 1. The molecule has 3 aromatic rings. The lowest BCUT2D eigenvalue weighted by Gasteiger charge is -2.34. The minimum absolute atomic E-state index is 0.310. The number of hydrogen-bond donors (Lipinski definition) is 2. The standard InChI is InChI=1S/C25H27ClN6O3/c1-4-24(33)29-17-6-5-7-19(12-17)35-21-14-23(27-16-20(21)26)30-25-22(34-3)13-18(15-28-25)32-10-8-31(2)9-11-32/h4-7,12-16H,1,8-11H2,2-3H3,(H,29,33)(H,27,28,30). The number of piperazine rings is 1. The molecule has 9 nitrogen and oxygen atoms in total. The average Bonchev–Trinajstić information content (AvgIpc) is 2.87. The van der Waals surface area contributed by atoms with Crippen LogP contribution in [0.4, 0.5) is 23.0 Å². The van der Waals surface area contributed by atoms with E-state index < -0.39 is 0 Å². The van der Waals surface area contributed by atoms with Crippen LogP contribution >= 0.6 is 11.6 Å². The van der Waals surface area contributed by atoms with Gasteiger partial charge in [0.05, 0.1) is 25.2 Å². The van der Waals surface area contributed by atoms with Crippen molar-refractivity contribution >= 4 is 40.5 Å². The number of nitrogens with one attached hydrogen (secondary N) is 2. The first-order valence-electron chi connectivity index (χ1n) is 11.1. The van der Waals surface area contributed by atoms with Crippen LogP contribution < -0.4 is 25.0 Å². The van der Waals surface area contributed by atoms with E-state index in [0.29, 0.717) is 39.6 Å². The molecular weight excluding hydrogens is 468 g/mol. The van der Waals surface area contributed by atoms with Gasteiger partial charge in [-0.3, -0.25) is 4.79 Å². The SMILES string of the molecule is C=CC(=O)Nc1cccc(Oc2cc(Nc3ncc(N4CCN(C)CC4)cc3OC)ncc2Cl)c1. The third-order valence-corrected chi connectivity index (χ3v) is 5.79. The van der Waals surface area contributed by atoms with Gasteiger partial charge in [0.15, 0.2) is 17.3 Å². The van der Waals surface area contributed by atoms with Crippen molar-refractivity contribution < 1.29 is 14.3 Å². The fourth-order valence-corrected chi connectivity index (χ4v) is 3.71. The molecule has 0 aliphatic carbocycles. The molecule has 1 aromatic carbocycles. The lowest BCUT2D eigenvalue weighted by atomic mass is 10.2. The van der Waals surface area contributed by atoms with Crippen LogP contribution in [0.1, 0.15) is 0 Å². The molecular formula is C25H27ClN6O3. The molecule has 0 spiro atoms. The minimum atomic E-state index is -0.310. The molecule has 0 unspecified atom stereocenters. The number of pyridine rings is 2. The maximum absolute atomic E-state index is 11.6. The molecule has 0 bridgehead atoms. The summed E-state index contributed by atoms with van der Waals surface area (Å²) < 4.78 is 11.5. The first-order valence-corrected chi connectivity index (χ1v) is 11.4. The van der Waals surface area contributed by atoms with Crippen LogP contribution in [0, 0.1) is 0 Å². The van der Waals surface area contributed by atoms with Crippen molar-refractivity contribution in [3.63, 3.8) is 0 Å². The van der Waals surface area contributed by atoms with Crippen molar-refractivity contribution in [2.45, 2.75) is 0 Å². The number of ether oxygens (including phenoxy) is 2. The number of rotatable bonds is 8. The highest BCUT2D eigenvalue weighted by Crippen LogP contribution is 2.34. The van der Waals surface area contributed by atoms with Crippen molar-refractivity contribution in [2.24, 2.45) is 0 Å². The van der Waals surface area contributed by atoms with Crippen LogP contribution in [0.25, 0.3) is 0 Å². The molecule has 0 atom stereocenters. The highest BCUT2D eigenvalue weighted by Gasteiger charge is 2.17. The Bertz CT molecular complexity index is 1210. The molecule has 1 aliphatic heterocycles. The van der Waals surface area contributed by atoms with E-state index in [1.165, 1.54) is 12.3 Å². The van der Waals surface area contributed by atoms with Crippen LogP contribution in [-0.4, -0.2) is 61.1 Å². The maximum atomic E-state index is 11.6. The second kappa shape index (κ2) is 11.1. The molecule has 0 radical (unpaired) electrons. The van der Waals surface area contributed by atoms with Gasteiger partial charge >= 0.3 is 0 Å². The second-order valence-corrected chi connectivity index (χ2v) is 8.39. The smallest absolute Gasteiger partial charge is 0.247 e. The van der Waals surface area contributed by atoms with Gasteiger partial charge in [-0.2, -0.15) is 0 Å². The molecule has 1 amide bonds. The topological polar surface area (TPSA) is 91.8 Å². The minimum Gasteiger partial charge on any atom is -0.493 e. The molecule has 10 heteroatoms. The Morgan fingerprint density at radius 2 is 1.91 bits per heavy atom. The Morgan fingerprint density at radius 1 is 1.11 bits per heavy atom. The monoisotopic (exact) mass is 494 g/mol. The van der Waals surface area contributed by atoms with Crippen molar-refractivity contribution in [3.8, 4) is 17.2 Å². The summed E-state index contributed by atoms with van der Waals surface area (Å²) in [6.45, 7) is 7.33. The van der Waals surface area contributed by atoms with E-state index >= 15 is 0 Å². The Labute approximate surface area is 209 Å². The van der Waals surface area contributed by atoms with E-state index in [4.69, 9.17) is 21.1 Å². The van der Waals surface area contributed by atoms with Gasteiger partial charge in [-0.05, 0) is 25.3 Å².